The zero-order chi connectivity index (χ0) is 9.84. The molecule has 13 heavy (non-hydrogen) atoms. The quantitative estimate of drug-likeness (QED) is 0.806. The summed E-state index contributed by atoms with van der Waals surface area (Å²) in [5, 5.41) is 10.8. The SMILES string of the molecule is CC(=O)CC(C#N)c1sccc1I. The van der Waals surface area contributed by atoms with Crippen molar-refractivity contribution in [2.45, 2.75) is 19.3 Å². The topological polar surface area (TPSA) is 40.9 Å². The average Bonchev–Trinajstić information content (AvgIpc) is 2.47. The third kappa shape index (κ3) is 2.78. The van der Waals surface area contributed by atoms with E-state index in [0.717, 1.165) is 8.45 Å². The third-order valence-electron chi connectivity index (χ3n) is 1.61. The number of hydrogen-bond donors (Lipinski definition) is 0. The maximum absolute atomic E-state index is 10.9. The molecule has 0 bridgehead atoms. The van der Waals surface area contributed by atoms with E-state index in [0.29, 0.717) is 6.42 Å². The van der Waals surface area contributed by atoms with Crippen LogP contribution in [-0.2, 0) is 4.79 Å². The monoisotopic (exact) mass is 305 g/mol. The fourth-order valence-electron chi connectivity index (χ4n) is 1.04. The highest BCUT2D eigenvalue weighted by atomic mass is 127. The van der Waals surface area contributed by atoms with E-state index in [1.54, 1.807) is 11.3 Å². The van der Waals surface area contributed by atoms with Gasteiger partial charge in [-0.3, -0.25) is 4.79 Å². The Kier molecular flexibility index (Phi) is 3.88. The molecule has 68 valence electrons. The molecule has 0 spiro atoms. The average molecular weight is 305 g/mol. The maximum Gasteiger partial charge on any atom is 0.131 e. The minimum Gasteiger partial charge on any atom is -0.300 e. The Bertz CT molecular complexity index is 353. The molecule has 0 aromatic carbocycles. The van der Waals surface area contributed by atoms with Gasteiger partial charge in [-0.15, -0.1) is 11.3 Å². The molecule has 0 aliphatic rings. The molecule has 1 aromatic heterocycles. The van der Waals surface area contributed by atoms with E-state index in [4.69, 9.17) is 5.26 Å². The molecule has 1 unspecified atom stereocenters. The van der Waals surface area contributed by atoms with Gasteiger partial charge in [0.05, 0.1) is 12.0 Å². The molecule has 0 fully saturated rings. The normalized spacial score (nSPS) is 12.1. The highest BCUT2D eigenvalue weighted by Gasteiger charge is 2.16. The summed E-state index contributed by atoms with van der Waals surface area (Å²) in [6.45, 7) is 1.52. The summed E-state index contributed by atoms with van der Waals surface area (Å²) in [5.74, 6) is -0.194. The van der Waals surface area contributed by atoms with Crippen molar-refractivity contribution < 1.29 is 4.79 Å². The Labute approximate surface area is 94.7 Å². The minimum absolute atomic E-state index is 0.0655. The minimum atomic E-state index is -0.260. The molecule has 0 saturated carbocycles. The summed E-state index contributed by atoms with van der Waals surface area (Å²) in [6, 6.07) is 4.12. The molecule has 0 N–H and O–H groups in total. The molecule has 1 aromatic rings. The first kappa shape index (κ1) is 10.7. The van der Waals surface area contributed by atoms with Gasteiger partial charge >= 0.3 is 0 Å². The summed E-state index contributed by atoms with van der Waals surface area (Å²) >= 11 is 3.73. The van der Waals surface area contributed by atoms with Crippen LogP contribution in [0.25, 0.3) is 0 Å². The molecular formula is C9H8INOS. The molecule has 0 amide bonds. The van der Waals surface area contributed by atoms with Gasteiger partial charge in [-0.05, 0) is 41.0 Å². The van der Waals surface area contributed by atoms with Crippen LogP contribution in [0.5, 0.6) is 0 Å². The lowest BCUT2D eigenvalue weighted by molar-refractivity contribution is -0.117. The molecule has 2 nitrogen and oxygen atoms in total. The van der Waals surface area contributed by atoms with Gasteiger partial charge in [0.1, 0.15) is 5.78 Å². The second-order valence-electron chi connectivity index (χ2n) is 2.72. The van der Waals surface area contributed by atoms with E-state index in [1.165, 1.54) is 6.92 Å². The standard InChI is InChI=1S/C9H8INOS/c1-6(12)4-7(5-11)9-8(10)2-3-13-9/h2-3,7H,4H2,1H3. The van der Waals surface area contributed by atoms with Crippen molar-refractivity contribution in [2.75, 3.05) is 0 Å². The van der Waals surface area contributed by atoms with Crippen molar-refractivity contribution in [3.8, 4) is 6.07 Å². The number of Topliss-reactive ketones (excluding diaryl/α,β-unsaturated/α-hetero) is 1. The second kappa shape index (κ2) is 4.72. The van der Waals surface area contributed by atoms with Gasteiger partial charge < -0.3 is 0 Å². The second-order valence-corrected chi connectivity index (χ2v) is 4.83. The number of thiophene rings is 1. The molecule has 4 heteroatoms. The van der Waals surface area contributed by atoms with Gasteiger partial charge in [0, 0.05) is 14.9 Å². The lowest BCUT2D eigenvalue weighted by atomic mass is 10.0. The van der Waals surface area contributed by atoms with E-state index in [1.807, 2.05) is 11.4 Å². The van der Waals surface area contributed by atoms with Crippen LogP contribution < -0.4 is 0 Å². The van der Waals surface area contributed by atoms with Crippen molar-refractivity contribution in [3.05, 3.63) is 19.9 Å². The predicted octanol–water partition coefficient (Wildman–Crippen LogP) is 2.94. The van der Waals surface area contributed by atoms with Crippen LogP contribution in [0.2, 0.25) is 0 Å². The lowest BCUT2D eigenvalue weighted by Crippen LogP contribution is -2.01. The Hall–Kier alpha value is -0.410. The molecule has 1 heterocycles. The van der Waals surface area contributed by atoms with E-state index >= 15 is 0 Å². The summed E-state index contributed by atoms with van der Waals surface area (Å²) in [6.07, 6.45) is 0.326. The summed E-state index contributed by atoms with van der Waals surface area (Å²) in [7, 11) is 0. The van der Waals surface area contributed by atoms with Crippen LogP contribution in [0.4, 0.5) is 0 Å². The van der Waals surface area contributed by atoms with E-state index in [-0.39, 0.29) is 11.7 Å². The van der Waals surface area contributed by atoms with Crippen LogP contribution in [-0.4, -0.2) is 5.78 Å². The fourth-order valence-corrected chi connectivity index (χ4v) is 3.05. The molecular weight excluding hydrogens is 297 g/mol. The Morgan fingerprint density at radius 2 is 2.54 bits per heavy atom. The number of hydrogen-bond acceptors (Lipinski definition) is 3. The zero-order valence-corrected chi connectivity index (χ0v) is 10.1. The van der Waals surface area contributed by atoms with Crippen LogP contribution in [0.15, 0.2) is 11.4 Å². The summed E-state index contributed by atoms with van der Waals surface area (Å²) in [4.78, 5) is 11.9. The third-order valence-corrected chi connectivity index (χ3v) is 3.95. The van der Waals surface area contributed by atoms with Crippen LogP contribution in [0.3, 0.4) is 0 Å². The fraction of sp³-hybridized carbons (Fsp3) is 0.333. The molecule has 0 saturated heterocycles. The number of halogens is 1. The first-order valence-electron chi connectivity index (χ1n) is 3.77. The van der Waals surface area contributed by atoms with Gasteiger partial charge in [0.2, 0.25) is 0 Å². The first-order valence-corrected chi connectivity index (χ1v) is 5.73. The van der Waals surface area contributed by atoms with Crippen LogP contribution in [0.1, 0.15) is 24.1 Å². The van der Waals surface area contributed by atoms with Gasteiger partial charge in [-0.25, -0.2) is 0 Å². The number of carbonyl (C=O) groups excluding carboxylic acids is 1. The molecule has 0 aliphatic carbocycles. The lowest BCUT2D eigenvalue weighted by Gasteiger charge is -2.03. The number of rotatable bonds is 3. The van der Waals surface area contributed by atoms with E-state index in [9.17, 15) is 4.79 Å². The van der Waals surface area contributed by atoms with E-state index in [2.05, 4.69) is 28.7 Å². The molecule has 0 aliphatic heterocycles. The van der Waals surface area contributed by atoms with Gasteiger partial charge in [0.15, 0.2) is 0 Å². The number of ketones is 1. The first-order chi connectivity index (χ1) is 6.15. The number of nitrogens with zero attached hydrogens (tertiary/aromatic N) is 1. The van der Waals surface area contributed by atoms with Crippen molar-refractivity contribution >= 4 is 39.7 Å². The number of nitriles is 1. The predicted molar refractivity (Wildman–Crippen MR) is 60.7 cm³/mol. The smallest absolute Gasteiger partial charge is 0.131 e. The van der Waals surface area contributed by atoms with Gasteiger partial charge in [-0.2, -0.15) is 5.26 Å². The Morgan fingerprint density at radius 3 is 2.92 bits per heavy atom. The van der Waals surface area contributed by atoms with Crippen molar-refractivity contribution in [2.24, 2.45) is 0 Å². The Morgan fingerprint density at radius 1 is 1.85 bits per heavy atom. The molecule has 1 rings (SSSR count). The highest BCUT2D eigenvalue weighted by Crippen LogP contribution is 2.29. The van der Waals surface area contributed by atoms with Crippen molar-refractivity contribution in [1.29, 1.82) is 5.26 Å². The van der Waals surface area contributed by atoms with Crippen LogP contribution >= 0.6 is 33.9 Å². The number of carbonyl (C=O) groups is 1. The highest BCUT2D eigenvalue weighted by molar-refractivity contribution is 14.1. The molecule has 0 radical (unpaired) electrons. The molecule has 1 atom stereocenters. The van der Waals surface area contributed by atoms with E-state index < -0.39 is 0 Å². The van der Waals surface area contributed by atoms with Crippen molar-refractivity contribution in [1.82, 2.24) is 0 Å². The maximum atomic E-state index is 10.9. The Balaban J connectivity index is 2.86. The largest absolute Gasteiger partial charge is 0.300 e. The summed E-state index contributed by atoms with van der Waals surface area (Å²) < 4.78 is 1.08. The summed E-state index contributed by atoms with van der Waals surface area (Å²) in [5.41, 5.74) is 0. The van der Waals surface area contributed by atoms with Gasteiger partial charge in [0.25, 0.3) is 0 Å². The zero-order valence-electron chi connectivity index (χ0n) is 7.08. The van der Waals surface area contributed by atoms with Crippen molar-refractivity contribution in [3.63, 3.8) is 0 Å². The van der Waals surface area contributed by atoms with Gasteiger partial charge in [-0.1, -0.05) is 0 Å². The van der Waals surface area contributed by atoms with Crippen LogP contribution in [0, 0.1) is 14.9 Å².